The van der Waals surface area contributed by atoms with Gasteiger partial charge in [-0.05, 0) is 18.4 Å². The zero-order chi connectivity index (χ0) is 13.0. The largest absolute Gasteiger partial charge is 0.388 e. The van der Waals surface area contributed by atoms with Crippen LogP contribution in [-0.2, 0) is 4.74 Å². The van der Waals surface area contributed by atoms with Gasteiger partial charge in [0.05, 0.1) is 11.6 Å². The molecule has 1 aromatic heterocycles. The van der Waals surface area contributed by atoms with Gasteiger partial charge in [-0.3, -0.25) is 4.98 Å². The molecule has 3 nitrogen and oxygen atoms in total. The number of aromatic nitrogens is 1. The van der Waals surface area contributed by atoms with Crippen molar-refractivity contribution in [2.75, 3.05) is 13.7 Å². The van der Waals surface area contributed by atoms with Gasteiger partial charge in [-0.1, -0.05) is 31.2 Å². The summed E-state index contributed by atoms with van der Waals surface area (Å²) in [6.07, 6.45) is 2.10. The summed E-state index contributed by atoms with van der Waals surface area (Å²) in [5, 5.41) is 11.5. The van der Waals surface area contributed by atoms with Crippen LogP contribution in [0.2, 0.25) is 0 Å². The number of methoxy groups -OCH3 is 1. The summed E-state index contributed by atoms with van der Waals surface area (Å²) in [5.41, 5.74) is 1.79. The van der Waals surface area contributed by atoms with Gasteiger partial charge in [-0.15, -0.1) is 0 Å². The highest BCUT2D eigenvalue weighted by Gasteiger charge is 2.18. The molecular weight excluding hydrogens is 226 g/mol. The number of hydrogen-bond acceptors (Lipinski definition) is 3. The number of fused-ring (bicyclic) bond motifs is 1. The maximum absolute atomic E-state index is 10.4. The summed E-state index contributed by atoms with van der Waals surface area (Å²) < 4.78 is 5.06. The van der Waals surface area contributed by atoms with Crippen molar-refractivity contribution in [1.29, 1.82) is 0 Å². The molecule has 0 aliphatic rings. The number of rotatable bonds is 5. The second kappa shape index (κ2) is 5.94. The summed E-state index contributed by atoms with van der Waals surface area (Å²) >= 11 is 0. The van der Waals surface area contributed by atoms with Crippen molar-refractivity contribution in [3.8, 4) is 0 Å². The Morgan fingerprint density at radius 1 is 1.28 bits per heavy atom. The van der Waals surface area contributed by atoms with Crippen molar-refractivity contribution in [3.63, 3.8) is 0 Å². The van der Waals surface area contributed by atoms with Gasteiger partial charge in [0.2, 0.25) is 0 Å². The summed E-state index contributed by atoms with van der Waals surface area (Å²) in [5.74, 6) is 0.151. The van der Waals surface area contributed by atoms with Crippen molar-refractivity contribution in [2.24, 2.45) is 5.92 Å². The lowest BCUT2D eigenvalue weighted by Gasteiger charge is -2.19. The predicted molar refractivity (Wildman–Crippen MR) is 72.4 cm³/mol. The Labute approximate surface area is 107 Å². The first-order valence-corrected chi connectivity index (χ1v) is 6.24. The van der Waals surface area contributed by atoms with Crippen LogP contribution in [-0.4, -0.2) is 23.8 Å². The van der Waals surface area contributed by atoms with Crippen LogP contribution in [0.1, 0.15) is 25.0 Å². The van der Waals surface area contributed by atoms with Crippen molar-refractivity contribution < 1.29 is 9.84 Å². The molecule has 0 saturated carbocycles. The monoisotopic (exact) mass is 245 g/mol. The van der Waals surface area contributed by atoms with E-state index in [1.165, 1.54) is 0 Å². The lowest BCUT2D eigenvalue weighted by molar-refractivity contribution is 0.0895. The van der Waals surface area contributed by atoms with Crippen LogP contribution in [0.5, 0.6) is 0 Å². The van der Waals surface area contributed by atoms with Crippen LogP contribution < -0.4 is 0 Å². The Balaban J connectivity index is 2.29. The number of nitrogens with zero attached hydrogens (tertiary/aromatic N) is 1. The van der Waals surface area contributed by atoms with Crippen LogP contribution in [0.4, 0.5) is 0 Å². The maximum Gasteiger partial charge on any atom is 0.0837 e. The Morgan fingerprint density at radius 2 is 2.06 bits per heavy atom. The average molecular weight is 245 g/mol. The normalized spacial score (nSPS) is 14.6. The zero-order valence-corrected chi connectivity index (χ0v) is 10.8. The van der Waals surface area contributed by atoms with Gasteiger partial charge in [0.25, 0.3) is 0 Å². The molecule has 96 valence electrons. The molecule has 0 radical (unpaired) electrons. The van der Waals surface area contributed by atoms with Crippen LogP contribution in [0, 0.1) is 5.92 Å². The van der Waals surface area contributed by atoms with Gasteiger partial charge < -0.3 is 9.84 Å². The third kappa shape index (κ3) is 2.68. The Bertz CT molecular complexity index is 507. The first kappa shape index (κ1) is 13.0. The van der Waals surface area contributed by atoms with E-state index in [1.54, 1.807) is 13.3 Å². The molecule has 2 atom stereocenters. The minimum atomic E-state index is -0.501. The molecule has 3 heteroatoms. The highest BCUT2D eigenvalue weighted by Crippen LogP contribution is 2.29. The van der Waals surface area contributed by atoms with Crippen molar-refractivity contribution in [3.05, 3.63) is 42.1 Å². The van der Waals surface area contributed by atoms with Crippen LogP contribution in [0.3, 0.4) is 0 Å². The van der Waals surface area contributed by atoms with E-state index < -0.39 is 6.10 Å². The Kier molecular flexibility index (Phi) is 4.28. The van der Waals surface area contributed by atoms with Crippen molar-refractivity contribution >= 4 is 10.9 Å². The van der Waals surface area contributed by atoms with E-state index in [4.69, 9.17) is 4.74 Å². The SMILES string of the molecule is COCCC(C)C(O)c1cccc2cccnc12. The standard InChI is InChI=1S/C15H19NO2/c1-11(8-10-18-2)15(17)13-7-3-5-12-6-4-9-16-14(12)13/h3-7,9,11,15,17H,8,10H2,1-2H3. The maximum atomic E-state index is 10.4. The number of aliphatic hydroxyl groups excluding tert-OH is 1. The second-order valence-electron chi connectivity index (χ2n) is 4.63. The number of pyridine rings is 1. The third-order valence-electron chi connectivity index (χ3n) is 3.30. The Hall–Kier alpha value is -1.45. The summed E-state index contributed by atoms with van der Waals surface area (Å²) in [6.45, 7) is 2.70. The van der Waals surface area contributed by atoms with Crippen LogP contribution >= 0.6 is 0 Å². The summed E-state index contributed by atoms with van der Waals surface area (Å²) in [7, 11) is 1.68. The highest BCUT2D eigenvalue weighted by atomic mass is 16.5. The van der Waals surface area contributed by atoms with E-state index in [0.29, 0.717) is 6.61 Å². The molecule has 1 heterocycles. The molecule has 0 saturated heterocycles. The molecule has 0 aliphatic carbocycles. The lowest BCUT2D eigenvalue weighted by atomic mass is 9.93. The van der Waals surface area contributed by atoms with Crippen molar-refractivity contribution in [1.82, 2.24) is 4.98 Å². The minimum Gasteiger partial charge on any atom is -0.388 e. The van der Waals surface area contributed by atoms with E-state index in [-0.39, 0.29) is 5.92 Å². The van der Waals surface area contributed by atoms with Crippen LogP contribution in [0.15, 0.2) is 36.5 Å². The second-order valence-corrected chi connectivity index (χ2v) is 4.63. The van der Waals surface area contributed by atoms with Gasteiger partial charge in [-0.2, -0.15) is 0 Å². The quantitative estimate of drug-likeness (QED) is 0.880. The van der Waals surface area contributed by atoms with E-state index in [1.807, 2.05) is 37.3 Å². The summed E-state index contributed by atoms with van der Waals surface area (Å²) in [4.78, 5) is 4.37. The molecule has 0 amide bonds. The van der Waals surface area contributed by atoms with Gasteiger partial charge in [-0.25, -0.2) is 0 Å². The predicted octanol–water partition coefficient (Wildman–Crippen LogP) is 2.94. The third-order valence-corrected chi connectivity index (χ3v) is 3.30. The minimum absolute atomic E-state index is 0.151. The van der Waals surface area contributed by atoms with E-state index in [9.17, 15) is 5.11 Å². The number of para-hydroxylation sites is 1. The highest BCUT2D eigenvalue weighted by molar-refractivity contribution is 5.81. The number of aliphatic hydroxyl groups is 1. The number of hydrogen-bond donors (Lipinski definition) is 1. The molecule has 0 aliphatic heterocycles. The smallest absolute Gasteiger partial charge is 0.0837 e. The van der Waals surface area contributed by atoms with Gasteiger partial charge >= 0.3 is 0 Å². The topological polar surface area (TPSA) is 42.4 Å². The van der Waals surface area contributed by atoms with Gasteiger partial charge in [0, 0.05) is 30.9 Å². The molecule has 0 bridgehead atoms. The van der Waals surface area contributed by atoms with Gasteiger partial charge in [0.1, 0.15) is 0 Å². The first-order valence-electron chi connectivity index (χ1n) is 6.24. The van der Waals surface area contributed by atoms with E-state index in [0.717, 1.165) is 22.9 Å². The number of benzene rings is 1. The molecular formula is C15H19NO2. The fraction of sp³-hybridized carbons (Fsp3) is 0.400. The first-order chi connectivity index (χ1) is 8.74. The van der Waals surface area contributed by atoms with Crippen molar-refractivity contribution in [2.45, 2.75) is 19.4 Å². The molecule has 2 unspecified atom stereocenters. The lowest BCUT2D eigenvalue weighted by Crippen LogP contribution is -2.12. The fourth-order valence-electron chi connectivity index (χ4n) is 2.13. The molecule has 18 heavy (non-hydrogen) atoms. The number of ether oxygens (including phenoxy) is 1. The molecule has 2 aromatic rings. The zero-order valence-electron chi connectivity index (χ0n) is 10.8. The molecule has 1 aromatic carbocycles. The van der Waals surface area contributed by atoms with Crippen LogP contribution in [0.25, 0.3) is 10.9 Å². The molecule has 2 rings (SSSR count). The molecule has 0 fully saturated rings. The molecule has 0 spiro atoms. The average Bonchev–Trinajstić information content (AvgIpc) is 2.43. The van der Waals surface area contributed by atoms with E-state index in [2.05, 4.69) is 4.98 Å². The van der Waals surface area contributed by atoms with Gasteiger partial charge in [0.15, 0.2) is 0 Å². The fourth-order valence-corrected chi connectivity index (χ4v) is 2.13. The summed E-state index contributed by atoms with van der Waals surface area (Å²) in [6, 6.07) is 9.85. The van der Waals surface area contributed by atoms with E-state index >= 15 is 0 Å². The molecule has 1 N–H and O–H groups in total. The Morgan fingerprint density at radius 3 is 2.83 bits per heavy atom.